The van der Waals surface area contributed by atoms with E-state index in [4.69, 9.17) is 10.5 Å². The summed E-state index contributed by atoms with van der Waals surface area (Å²) < 4.78 is 6.12. The molecule has 0 aromatic heterocycles. The zero-order valence-electron chi connectivity index (χ0n) is 12.3. The molecule has 0 heterocycles. The first-order chi connectivity index (χ1) is 9.22. The van der Waals surface area contributed by atoms with Crippen molar-refractivity contribution in [1.82, 2.24) is 0 Å². The lowest BCUT2D eigenvalue weighted by molar-refractivity contribution is -0.0830. The Kier molecular flexibility index (Phi) is 5.00. The van der Waals surface area contributed by atoms with Crippen LogP contribution in [0.1, 0.15) is 63.1 Å². The van der Waals surface area contributed by atoms with E-state index >= 15 is 0 Å². The van der Waals surface area contributed by atoms with Crippen molar-refractivity contribution in [2.75, 3.05) is 6.61 Å². The molecule has 1 unspecified atom stereocenters. The predicted molar refractivity (Wildman–Crippen MR) is 80.2 cm³/mol. The molecule has 1 aromatic carbocycles. The van der Waals surface area contributed by atoms with E-state index in [0.29, 0.717) is 0 Å². The molecule has 1 aliphatic carbocycles. The van der Waals surface area contributed by atoms with Crippen LogP contribution in [0.5, 0.6) is 0 Å². The first-order valence-electron chi connectivity index (χ1n) is 7.70. The smallest absolute Gasteiger partial charge is 0.0874 e. The summed E-state index contributed by atoms with van der Waals surface area (Å²) >= 11 is 0. The molecular weight excluding hydrogens is 234 g/mol. The van der Waals surface area contributed by atoms with E-state index in [2.05, 4.69) is 38.1 Å². The Bertz CT molecular complexity index is 373. The van der Waals surface area contributed by atoms with Crippen LogP contribution in [0.3, 0.4) is 0 Å². The third-order valence-electron chi connectivity index (χ3n) is 4.45. The average molecular weight is 261 g/mol. The van der Waals surface area contributed by atoms with Crippen molar-refractivity contribution in [1.29, 1.82) is 0 Å². The van der Waals surface area contributed by atoms with Gasteiger partial charge in [-0.05, 0) is 37.3 Å². The molecule has 1 aliphatic rings. The van der Waals surface area contributed by atoms with E-state index in [9.17, 15) is 0 Å². The van der Waals surface area contributed by atoms with Gasteiger partial charge in [-0.25, -0.2) is 0 Å². The van der Waals surface area contributed by atoms with Crippen LogP contribution < -0.4 is 5.73 Å². The van der Waals surface area contributed by atoms with Gasteiger partial charge in [-0.1, -0.05) is 50.5 Å². The summed E-state index contributed by atoms with van der Waals surface area (Å²) in [6.45, 7) is 5.00. The first kappa shape index (κ1) is 14.5. The molecular formula is C17H27NO. The van der Waals surface area contributed by atoms with Crippen molar-refractivity contribution in [3.63, 3.8) is 0 Å². The fourth-order valence-electron chi connectivity index (χ4n) is 3.25. The Hall–Kier alpha value is -0.860. The minimum absolute atomic E-state index is 0.00124. The molecule has 2 rings (SSSR count). The molecule has 2 nitrogen and oxygen atoms in total. The third kappa shape index (κ3) is 3.18. The summed E-state index contributed by atoms with van der Waals surface area (Å²) in [5, 5.41) is 0. The van der Waals surface area contributed by atoms with Crippen molar-refractivity contribution < 1.29 is 4.74 Å². The summed E-state index contributed by atoms with van der Waals surface area (Å²) in [6.07, 6.45) is 7.05. The van der Waals surface area contributed by atoms with Gasteiger partial charge < -0.3 is 10.5 Å². The molecule has 1 saturated carbocycles. The number of rotatable bonds is 5. The number of hydrogen-bond acceptors (Lipinski definition) is 2. The Morgan fingerprint density at radius 3 is 2.26 bits per heavy atom. The van der Waals surface area contributed by atoms with Gasteiger partial charge in [0.05, 0.1) is 11.6 Å². The molecule has 106 valence electrons. The minimum Gasteiger partial charge on any atom is -0.373 e. The summed E-state index contributed by atoms with van der Waals surface area (Å²) in [5.74, 6) is 0. The average Bonchev–Trinajstić information content (AvgIpc) is 2.48. The fourth-order valence-corrected chi connectivity index (χ4v) is 3.25. The van der Waals surface area contributed by atoms with Crippen LogP contribution in [0.15, 0.2) is 24.3 Å². The Morgan fingerprint density at radius 2 is 1.74 bits per heavy atom. The topological polar surface area (TPSA) is 35.2 Å². The van der Waals surface area contributed by atoms with Gasteiger partial charge >= 0.3 is 0 Å². The maximum atomic E-state index is 6.56. The third-order valence-corrected chi connectivity index (χ3v) is 4.45. The van der Waals surface area contributed by atoms with Gasteiger partial charge in [0.2, 0.25) is 0 Å². The number of aryl methyl sites for hydroxylation is 1. The maximum Gasteiger partial charge on any atom is 0.0874 e. The van der Waals surface area contributed by atoms with E-state index < -0.39 is 0 Å². The van der Waals surface area contributed by atoms with Crippen molar-refractivity contribution >= 4 is 0 Å². The van der Waals surface area contributed by atoms with E-state index in [-0.39, 0.29) is 11.6 Å². The van der Waals surface area contributed by atoms with Gasteiger partial charge in [-0.2, -0.15) is 0 Å². The highest BCUT2D eigenvalue weighted by Crippen LogP contribution is 2.40. The van der Waals surface area contributed by atoms with Gasteiger partial charge in [0.15, 0.2) is 0 Å². The van der Waals surface area contributed by atoms with Crippen LogP contribution in [-0.2, 0) is 11.2 Å². The molecule has 0 amide bonds. The lowest BCUT2D eigenvalue weighted by atomic mass is 9.77. The van der Waals surface area contributed by atoms with Crippen LogP contribution in [-0.4, -0.2) is 12.2 Å². The van der Waals surface area contributed by atoms with Crippen molar-refractivity contribution in [3.8, 4) is 0 Å². The van der Waals surface area contributed by atoms with E-state index in [1.807, 2.05) is 0 Å². The minimum atomic E-state index is -0.138. The molecule has 0 aliphatic heterocycles. The lowest BCUT2D eigenvalue weighted by Crippen LogP contribution is -2.45. The molecule has 0 radical (unpaired) electrons. The molecule has 19 heavy (non-hydrogen) atoms. The van der Waals surface area contributed by atoms with Crippen LogP contribution in [0.2, 0.25) is 0 Å². The summed E-state index contributed by atoms with van der Waals surface area (Å²) in [7, 11) is 0. The van der Waals surface area contributed by atoms with Crippen molar-refractivity contribution in [2.45, 2.75) is 64.0 Å². The van der Waals surface area contributed by atoms with Crippen LogP contribution in [0, 0.1) is 0 Å². The molecule has 0 spiro atoms. The summed E-state index contributed by atoms with van der Waals surface area (Å²) in [4.78, 5) is 0. The highest BCUT2D eigenvalue weighted by atomic mass is 16.5. The molecule has 2 heteroatoms. The van der Waals surface area contributed by atoms with Gasteiger partial charge in [-0.15, -0.1) is 0 Å². The Labute approximate surface area is 117 Å². The van der Waals surface area contributed by atoms with E-state index in [0.717, 1.165) is 25.9 Å². The van der Waals surface area contributed by atoms with Crippen LogP contribution >= 0.6 is 0 Å². The van der Waals surface area contributed by atoms with Gasteiger partial charge in [0, 0.05) is 6.61 Å². The van der Waals surface area contributed by atoms with E-state index in [1.54, 1.807) is 0 Å². The Morgan fingerprint density at radius 1 is 1.11 bits per heavy atom. The molecule has 1 atom stereocenters. The van der Waals surface area contributed by atoms with Crippen LogP contribution in [0.4, 0.5) is 0 Å². The van der Waals surface area contributed by atoms with Crippen LogP contribution in [0.25, 0.3) is 0 Å². The number of ether oxygens (including phenoxy) is 1. The zero-order valence-corrected chi connectivity index (χ0v) is 12.3. The quantitative estimate of drug-likeness (QED) is 0.870. The monoisotopic (exact) mass is 261 g/mol. The number of benzene rings is 1. The van der Waals surface area contributed by atoms with Gasteiger partial charge in [0.1, 0.15) is 0 Å². The highest BCUT2D eigenvalue weighted by Gasteiger charge is 2.39. The maximum absolute atomic E-state index is 6.56. The van der Waals surface area contributed by atoms with E-state index in [1.165, 1.54) is 30.4 Å². The normalized spacial score (nSPS) is 20.2. The Balaban J connectivity index is 2.19. The molecule has 1 aromatic rings. The van der Waals surface area contributed by atoms with Crippen molar-refractivity contribution in [2.24, 2.45) is 5.73 Å². The predicted octanol–water partition coefficient (Wildman–Crippen LogP) is 3.99. The fraction of sp³-hybridized carbons (Fsp3) is 0.647. The van der Waals surface area contributed by atoms with Crippen molar-refractivity contribution in [3.05, 3.63) is 35.4 Å². The zero-order chi connectivity index (χ0) is 13.7. The highest BCUT2D eigenvalue weighted by molar-refractivity contribution is 5.27. The molecule has 1 fully saturated rings. The summed E-state index contributed by atoms with van der Waals surface area (Å²) in [6, 6.07) is 8.74. The molecule has 0 bridgehead atoms. The second-order valence-electron chi connectivity index (χ2n) is 5.63. The second-order valence-corrected chi connectivity index (χ2v) is 5.63. The largest absolute Gasteiger partial charge is 0.373 e. The standard InChI is InChI=1S/C17H27NO/c1-3-14-8-10-15(11-9-14)16(18)17(19-4-2)12-6-5-7-13-17/h8-11,16H,3-7,12-13,18H2,1-2H3. The summed E-state index contributed by atoms with van der Waals surface area (Å²) in [5.41, 5.74) is 9.00. The number of nitrogens with two attached hydrogens (primary N) is 1. The molecule has 2 N–H and O–H groups in total. The second kappa shape index (κ2) is 6.53. The molecule has 0 saturated heterocycles. The lowest BCUT2D eigenvalue weighted by Gasteiger charge is -2.42. The number of hydrogen-bond donors (Lipinski definition) is 1. The van der Waals surface area contributed by atoms with Gasteiger partial charge in [-0.3, -0.25) is 0 Å². The SMILES string of the molecule is CCOC1(C(N)c2ccc(CC)cc2)CCCCC1. The first-order valence-corrected chi connectivity index (χ1v) is 7.70. The van der Waals surface area contributed by atoms with Gasteiger partial charge in [0.25, 0.3) is 0 Å².